The number of phenolic OH excluding ortho intramolecular Hbond substituents is 3. The lowest BCUT2D eigenvalue weighted by Gasteiger charge is -2.42. The molecule has 0 aromatic heterocycles. The number of aliphatic hydroxyl groups excluding tert-OH is 4. The van der Waals surface area contributed by atoms with Crippen molar-refractivity contribution >= 4 is 5.97 Å². The van der Waals surface area contributed by atoms with Gasteiger partial charge in [0.1, 0.15) is 18.3 Å². The molecule has 4 rings (SSSR count). The van der Waals surface area contributed by atoms with E-state index in [4.69, 9.17) is 23.7 Å². The van der Waals surface area contributed by atoms with Gasteiger partial charge in [0.25, 0.3) is 0 Å². The first kappa shape index (κ1) is 30.4. The Labute approximate surface area is 234 Å². The number of rotatable bonds is 9. The molecule has 8 atom stereocenters. The Kier molecular flexibility index (Phi) is 9.01. The van der Waals surface area contributed by atoms with Crippen LogP contribution in [-0.4, -0.2) is 112 Å². The lowest BCUT2D eigenvalue weighted by Crippen LogP contribution is -2.60. The molecule has 8 N–H and O–H groups in total. The number of aliphatic carboxylic acids is 1. The van der Waals surface area contributed by atoms with Crippen LogP contribution in [0.2, 0.25) is 0 Å². The van der Waals surface area contributed by atoms with Gasteiger partial charge in [0.2, 0.25) is 11.5 Å². The number of carboxylic acid groups (broad SMARTS) is 1. The summed E-state index contributed by atoms with van der Waals surface area (Å²) in [6, 6.07) is 4.52. The first-order valence-electron chi connectivity index (χ1n) is 12.7. The SMILES string of the molecule is COc1cc([C@H]2c3c(cc(OC)c(O)c3O)C[C@@H](CO)[C@@H]2CO[C@@H]2O[C@H](C(=O)O)[C@@H](O)[C@H](O)[C@H]2O)cc(OC)c1O. The summed E-state index contributed by atoms with van der Waals surface area (Å²) in [4.78, 5) is 11.5. The van der Waals surface area contributed by atoms with Crippen LogP contribution in [0.3, 0.4) is 0 Å². The van der Waals surface area contributed by atoms with Crippen LogP contribution in [0.15, 0.2) is 18.2 Å². The summed E-state index contributed by atoms with van der Waals surface area (Å²) in [5, 5.41) is 82.8. The molecule has 14 nitrogen and oxygen atoms in total. The molecule has 1 heterocycles. The minimum atomic E-state index is -1.91. The summed E-state index contributed by atoms with van der Waals surface area (Å²) in [6.45, 7) is -0.683. The standard InChI is InChI=1S/C27H34O14/c1-37-14-6-11(7-15(38-2)19(14)29)17-13(9-40-27-24(34)22(32)23(33)25(41-27)26(35)36)12(8-28)4-10-5-16(39-3)20(30)21(31)18(10)17/h5-7,12-13,17,22-25,27-34H,4,8-9H2,1-3H3,(H,35,36)/t12-,13-,17+,22-,23-,24+,25-,27+/m0/s1. The second-order valence-electron chi connectivity index (χ2n) is 9.98. The number of aromatic hydroxyl groups is 3. The van der Waals surface area contributed by atoms with Gasteiger partial charge in [-0.15, -0.1) is 0 Å². The lowest BCUT2D eigenvalue weighted by atomic mass is 9.66. The van der Waals surface area contributed by atoms with E-state index in [1.165, 1.54) is 39.5 Å². The summed E-state index contributed by atoms with van der Waals surface area (Å²) < 4.78 is 26.9. The highest BCUT2D eigenvalue weighted by atomic mass is 16.7. The fourth-order valence-corrected chi connectivity index (χ4v) is 5.63. The minimum absolute atomic E-state index is 0.0123. The van der Waals surface area contributed by atoms with Crippen molar-refractivity contribution in [2.24, 2.45) is 11.8 Å². The lowest BCUT2D eigenvalue weighted by molar-refractivity contribution is -0.297. The second-order valence-corrected chi connectivity index (χ2v) is 9.98. The predicted molar refractivity (Wildman–Crippen MR) is 137 cm³/mol. The van der Waals surface area contributed by atoms with Gasteiger partial charge in [-0.1, -0.05) is 0 Å². The summed E-state index contributed by atoms with van der Waals surface area (Å²) in [7, 11) is 3.99. The quantitative estimate of drug-likeness (QED) is 0.177. The highest BCUT2D eigenvalue weighted by Gasteiger charge is 2.49. The van der Waals surface area contributed by atoms with Crippen LogP contribution in [0.4, 0.5) is 0 Å². The molecule has 1 saturated heterocycles. The molecule has 0 amide bonds. The van der Waals surface area contributed by atoms with Crippen LogP contribution >= 0.6 is 0 Å². The van der Waals surface area contributed by atoms with E-state index in [0.29, 0.717) is 11.1 Å². The molecule has 14 heteroatoms. The summed E-state index contributed by atoms with van der Waals surface area (Å²) >= 11 is 0. The molecule has 0 spiro atoms. The fourth-order valence-electron chi connectivity index (χ4n) is 5.63. The molecular formula is C27H34O14. The fraction of sp³-hybridized carbons (Fsp3) is 0.519. The molecule has 1 aliphatic carbocycles. The number of phenols is 3. The zero-order valence-corrected chi connectivity index (χ0v) is 22.5. The Morgan fingerprint density at radius 1 is 0.878 bits per heavy atom. The van der Waals surface area contributed by atoms with Gasteiger partial charge in [-0.25, -0.2) is 4.79 Å². The minimum Gasteiger partial charge on any atom is -0.504 e. The molecule has 2 aromatic carbocycles. The number of carboxylic acids is 1. The maximum atomic E-state index is 11.5. The van der Waals surface area contributed by atoms with Crippen LogP contribution in [0.5, 0.6) is 34.5 Å². The monoisotopic (exact) mass is 582 g/mol. The Hall–Kier alpha value is -3.53. The van der Waals surface area contributed by atoms with E-state index in [9.17, 15) is 45.6 Å². The molecule has 1 fully saturated rings. The van der Waals surface area contributed by atoms with E-state index in [-0.39, 0.29) is 48.2 Å². The third-order valence-corrected chi connectivity index (χ3v) is 7.77. The Morgan fingerprint density at radius 2 is 1.46 bits per heavy atom. The molecule has 0 bridgehead atoms. The van der Waals surface area contributed by atoms with Crippen LogP contribution in [0.1, 0.15) is 22.6 Å². The van der Waals surface area contributed by atoms with E-state index in [1.807, 2.05) is 0 Å². The second kappa shape index (κ2) is 12.1. The van der Waals surface area contributed by atoms with E-state index >= 15 is 0 Å². The maximum absolute atomic E-state index is 11.5. The van der Waals surface area contributed by atoms with Crippen molar-refractivity contribution in [2.45, 2.75) is 43.0 Å². The summed E-state index contributed by atoms with van der Waals surface area (Å²) in [5.41, 5.74) is 1.23. The number of ether oxygens (including phenoxy) is 5. The van der Waals surface area contributed by atoms with E-state index in [0.717, 1.165) is 0 Å². The molecule has 0 saturated carbocycles. The normalized spacial score (nSPS) is 29.4. The van der Waals surface area contributed by atoms with Gasteiger partial charge in [-0.2, -0.15) is 0 Å². The third kappa shape index (κ3) is 5.41. The van der Waals surface area contributed by atoms with Crippen molar-refractivity contribution in [3.05, 3.63) is 34.9 Å². The molecule has 1 aliphatic heterocycles. The van der Waals surface area contributed by atoms with Gasteiger partial charge in [0.05, 0.1) is 27.9 Å². The van der Waals surface area contributed by atoms with Crippen molar-refractivity contribution in [1.29, 1.82) is 0 Å². The molecule has 41 heavy (non-hydrogen) atoms. The van der Waals surface area contributed by atoms with Crippen molar-refractivity contribution in [3.8, 4) is 34.5 Å². The number of carbonyl (C=O) groups is 1. The molecule has 2 aromatic rings. The largest absolute Gasteiger partial charge is 0.504 e. The van der Waals surface area contributed by atoms with Gasteiger partial charge < -0.3 is 64.5 Å². The van der Waals surface area contributed by atoms with E-state index < -0.39 is 65.9 Å². The van der Waals surface area contributed by atoms with Crippen molar-refractivity contribution in [2.75, 3.05) is 34.5 Å². The zero-order valence-electron chi connectivity index (χ0n) is 22.5. The number of benzene rings is 2. The van der Waals surface area contributed by atoms with Gasteiger partial charge in [0.15, 0.2) is 35.4 Å². The van der Waals surface area contributed by atoms with Crippen molar-refractivity contribution < 1.29 is 69.3 Å². The van der Waals surface area contributed by atoms with Gasteiger partial charge >= 0.3 is 5.97 Å². The first-order chi connectivity index (χ1) is 19.5. The molecule has 226 valence electrons. The average molecular weight is 583 g/mol. The summed E-state index contributed by atoms with van der Waals surface area (Å²) in [5.74, 6) is -4.93. The van der Waals surface area contributed by atoms with Crippen molar-refractivity contribution in [3.63, 3.8) is 0 Å². The summed E-state index contributed by atoms with van der Waals surface area (Å²) in [6.07, 6.45) is -8.95. The number of hydrogen-bond acceptors (Lipinski definition) is 13. The Bertz CT molecular complexity index is 1240. The van der Waals surface area contributed by atoms with E-state index in [2.05, 4.69) is 0 Å². The molecule has 0 radical (unpaired) electrons. The topological polar surface area (TPSA) is 225 Å². The number of fused-ring (bicyclic) bond motifs is 1. The number of hydrogen-bond donors (Lipinski definition) is 8. The maximum Gasteiger partial charge on any atom is 0.335 e. The average Bonchev–Trinajstić information content (AvgIpc) is 2.96. The third-order valence-electron chi connectivity index (χ3n) is 7.77. The van der Waals surface area contributed by atoms with E-state index in [1.54, 1.807) is 0 Å². The predicted octanol–water partition coefficient (Wildman–Crippen LogP) is -0.349. The van der Waals surface area contributed by atoms with Gasteiger partial charge in [-0.05, 0) is 47.6 Å². The van der Waals surface area contributed by atoms with Crippen LogP contribution in [0.25, 0.3) is 0 Å². The van der Waals surface area contributed by atoms with Crippen molar-refractivity contribution in [1.82, 2.24) is 0 Å². The molecular weight excluding hydrogens is 548 g/mol. The Balaban J connectivity index is 1.82. The number of methoxy groups -OCH3 is 3. The van der Waals surface area contributed by atoms with Gasteiger partial charge in [-0.3, -0.25) is 0 Å². The number of aliphatic hydroxyl groups is 4. The Morgan fingerprint density at radius 3 is 2.00 bits per heavy atom. The first-order valence-corrected chi connectivity index (χ1v) is 12.7. The highest BCUT2D eigenvalue weighted by Crippen LogP contribution is 2.54. The van der Waals surface area contributed by atoms with Crippen LogP contribution in [-0.2, 0) is 20.7 Å². The highest BCUT2D eigenvalue weighted by molar-refractivity contribution is 5.73. The van der Waals surface area contributed by atoms with Gasteiger partial charge in [0, 0.05) is 18.1 Å². The van der Waals surface area contributed by atoms with Crippen LogP contribution in [0, 0.1) is 11.8 Å². The molecule has 0 unspecified atom stereocenters. The smallest absolute Gasteiger partial charge is 0.335 e. The zero-order chi connectivity index (χ0) is 30.2. The van der Waals surface area contributed by atoms with Crippen LogP contribution < -0.4 is 14.2 Å². The molecule has 2 aliphatic rings.